The monoisotopic (exact) mass is 306 g/mol. The number of hydrogen-bond donors (Lipinski definition) is 0. The van der Waals surface area contributed by atoms with Crippen molar-refractivity contribution in [1.82, 2.24) is 0 Å². The zero-order valence-corrected chi connectivity index (χ0v) is 14.1. The maximum atomic E-state index is 6.12. The summed E-state index contributed by atoms with van der Waals surface area (Å²) in [4.78, 5) is 0. The largest absolute Gasteiger partial charge is 0.488 e. The van der Waals surface area contributed by atoms with Crippen LogP contribution in [0, 0.1) is 0 Å². The van der Waals surface area contributed by atoms with E-state index in [-0.39, 0.29) is 5.60 Å². The molecule has 0 unspecified atom stereocenters. The van der Waals surface area contributed by atoms with Crippen LogP contribution in [-0.4, -0.2) is 12.9 Å². The second-order valence-electron chi connectivity index (χ2n) is 6.64. The molecule has 1 aromatic heterocycles. The third-order valence-corrected chi connectivity index (χ3v) is 4.09. The highest BCUT2D eigenvalue weighted by molar-refractivity contribution is 6.33. The van der Waals surface area contributed by atoms with Gasteiger partial charge in [0.25, 0.3) is 0 Å². The smallest absolute Gasteiger partial charge is 0.135 e. The lowest BCUT2D eigenvalue weighted by Crippen LogP contribution is -2.28. The summed E-state index contributed by atoms with van der Waals surface area (Å²) in [6.07, 6.45) is 2.25. The van der Waals surface area contributed by atoms with Gasteiger partial charge in [0.1, 0.15) is 30.0 Å². The minimum absolute atomic E-state index is 0.128. The van der Waals surface area contributed by atoms with Gasteiger partial charge < -0.3 is 9.15 Å². The van der Waals surface area contributed by atoms with Crippen LogP contribution in [0.25, 0.3) is 22.3 Å². The lowest BCUT2D eigenvalue weighted by Gasteiger charge is -2.26. The van der Waals surface area contributed by atoms with Crippen LogP contribution >= 0.6 is 0 Å². The van der Waals surface area contributed by atoms with E-state index < -0.39 is 0 Å². The Kier molecular flexibility index (Phi) is 4.47. The molecular weight excluding hydrogens is 283 g/mol. The SMILES string of the molecule is CBCCC(C)(C)Oc1ccc(-c2cc3ccccc3o2)cc1. The van der Waals surface area contributed by atoms with Gasteiger partial charge >= 0.3 is 0 Å². The first kappa shape index (κ1) is 15.7. The van der Waals surface area contributed by atoms with Crippen molar-refractivity contribution in [2.75, 3.05) is 0 Å². The quantitative estimate of drug-likeness (QED) is 0.557. The molecule has 2 nitrogen and oxygen atoms in total. The third kappa shape index (κ3) is 3.79. The summed E-state index contributed by atoms with van der Waals surface area (Å²) >= 11 is 0. The van der Waals surface area contributed by atoms with Crippen molar-refractivity contribution in [3.8, 4) is 17.1 Å². The van der Waals surface area contributed by atoms with Crippen molar-refractivity contribution in [2.24, 2.45) is 0 Å². The molecule has 0 aliphatic heterocycles. The van der Waals surface area contributed by atoms with Gasteiger partial charge in [0.2, 0.25) is 0 Å². The number of benzene rings is 2. The first-order valence-electron chi connectivity index (χ1n) is 8.35. The Morgan fingerprint density at radius 1 is 1.04 bits per heavy atom. The average Bonchev–Trinajstić information content (AvgIpc) is 2.97. The highest BCUT2D eigenvalue weighted by atomic mass is 16.5. The van der Waals surface area contributed by atoms with E-state index in [9.17, 15) is 0 Å². The van der Waals surface area contributed by atoms with E-state index in [1.165, 1.54) is 13.6 Å². The number of ether oxygens (including phenoxy) is 1. The fourth-order valence-corrected chi connectivity index (χ4v) is 2.78. The summed E-state index contributed by atoms with van der Waals surface area (Å²) in [5.74, 6) is 1.80. The van der Waals surface area contributed by atoms with Crippen molar-refractivity contribution >= 4 is 18.2 Å². The van der Waals surface area contributed by atoms with Gasteiger partial charge in [0, 0.05) is 10.9 Å². The van der Waals surface area contributed by atoms with E-state index in [0.29, 0.717) is 0 Å². The molecule has 3 heteroatoms. The van der Waals surface area contributed by atoms with E-state index in [1.807, 2.05) is 30.3 Å². The second-order valence-corrected chi connectivity index (χ2v) is 6.64. The Hall–Kier alpha value is -2.16. The van der Waals surface area contributed by atoms with Crippen molar-refractivity contribution < 1.29 is 9.15 Å². The molecule has 118 valence electrons. The topological polar surface area (TPSA) is 22.4 Å². The maximum absolute atomic E-state index is 6.12. The summed E-state index contributed by atoms with van der Waals surface area (Å²) in [5, 5.41) is 1.13. The Morgan fingerprint density at radius 3 is 2.48 bits per heavy atom. The molecule has 0 bridgehead atoms. The van der Waals surface area contributed by atoms with Crippen LogP contribution in [0.15, 0.2) is 59.0 Å². The maximum Gasteiger partial charge on any atom is 0.135 e. The van der Waals surface area contributed by atoms with Gasteiger partial charge in [-0.25, -0.2) is 0 Å². The van der Waals surface area contributed by atoms with E-state index in [0.717, 1.165) is 34.5 Å². The normalized spacial score (nSPS) is 11.6. The molecular formula is C20H23BO2. The lowest BCUT2D eigenvalue weighted by atomic mass is 9.74. The first-order chi connectivity index (χ1) is 11.1. The summed E-state index contributed by atoms with van der Waals surface area (Å²) in [6, 6.07) is 18.3. The Bertz CT molecular complexity index is 739. The van der Waals surface area contributed by atoms with Crippen LogP contribution in [-0.2, 0) is 0 Å². The second kappa shape index (κ2) is 6.53. The zero-order valence-electron chi connectivity index (χ0n) is 14.1. The first-order valence-corrected chi connectivity index (χ1v) is 8.35. The van der Waals surface area contributed by atoms with Gasteiger partial charge in [-0.3, -0.25) is 0 Å². The molecule has 0 atom stereocenters. The van der Waals surface area contributed by atoms with Gasteiger partial charge in [-0.05, 0) is 56.7 Å². The average molecular weight is 306 g/mol. The summed E-state index contributed by atoms with van der Waals surface area (Å²) in [7, 11) is 1.19. The molecule has 0 saturated heterocycles. The number of furan rings is 1. The molecule has 3 rings (SSSR count). The van der Waals surface area contributed by atoms with E-state index in [2.05, 4.69) is 44.9 Å². The van der Waals surface area contributed by atoms with Gasteiger partial charge in [-0.15, -0.1) is 0 Å². The van der Waals surface area contributed by atoms with E-state index in [1.54, 1.807) is 0 Å². The third-order valence-electron chi connectivity index (χ3n) is 4.09. The molecule has 0 amide bonds. The van der Waals surface area contributed by atoms with Crippen molar-refractivity contribution in [3.63, 3.8) is 0 Å². The molecule has 3 aromatic rings. The molecule has 0 saturated carbocycles. The lowest BCUT2D eigenvalue weighted by molar-refractivity contribution is 0.105. The Balaban J connectivity index is 1.76. The number of fused-ring (bicyclic) bond motifs is 1. The van der Waals surface area contributed by atoms with E-state index in [4.69, 9.17) is 9.15 Å². The molecule has 0 fully saturated rings. The van der Waals surface area contributed by atoms with Gasteiger partial charge in [0.05, 0.1) is 0 Å². The predicted molar refractivity (Wildman–Crippen MR) is 98.8 cm³/mol. The summed E-state index contributed by atoms with van der Waals surface area (Å²) in [5.41, 5.74) is 1.86. The van der Waals surface area contributed by atoms with E-state index >= 15 is 0 Å². The summed E-state index contributed by atoms with van der Waals surface area (Å²) in [6.45, 7) is 6.50. The van der Waals surface area contributed by atoms with Crippen LogP contribution in [0.5, 0.6) is 5.75 Å². The van der Waals surface area contributed by atoms with Crippen LogP contribution in [0.3, 0.4) is 0 Å². The minimum Gasteiger partial charge on any atom is -0.488 e. The molecule has 0 aliphatic rings. The molecule has 0 spiro atoms. The highest BCUT2D eigenvalue weighted by Crippen LogP contribution is 2.30. The molecule has 0 N–H and O–H groups in total. The zero-order chi connectivity index (χ0) is 16.3. The predicted octanol–water partition coefficient (Wildman–Crippen LogP) is 5.55. The highest BCUT2D eigenvalue weighted by Gasteiger charge is 2.19. The Morgan fingerprint density at radius 2 is 1.78 bits per heavy atom. The van der Waals surface area contributed by atoms with Crippen LogP contribution in [0.1, 0.15) is 20.3 Å². The van der Waals surface area contributed by atoms with Gasteiger partial charge in [0.15, 0.2) is 0 Å². The number of hydrogen-bond acceptors (Lipinski definition) is 2. The molecule has 23 heavy (non-hydrogen) atoms. The van der Waals surface area contributed by atoms with Crippen LogP contribution < -0.4 is 4.74 Å². The van der Waals surface area contributed by atoms with Crippen molar-refractivity contribution in [3.05, 3.63) is 54.6 Å². The van der Waals surface area contributed by atoms with Crippen molar-refractivity contribution in [1.29, 1.82) is 0 Å². The fourth-order valence-electron chi connectivity index (χ4n) is 2.78. The Labute approximate surface area is 138 Å². The van der Waals surface area contributed by atoms with Crippen molar-refractivity contribution in [2.45, 2.75) is 39.0 Å². The fraction of sp³-hybridized carbons (Fsp3) is 0.300. The minimum atomic E-state index is -0.128. The van der Waals surface area contributed by atoms with Crippen LogP contribution in [0.2, 0.25) is 13.1 Å². The number of rotatable bonds is 6. The standard InChI is InChI=1S/C20H23BO2/c1-20(2,12-13-21-3)23-17-10-8-15(9-11-17)19-14-16-6-4-5-7-18(16)22-19/h4-11,14,21H,12-13H2,1-3H3. The summed E-state index contributed by atoms with van der Waals surface area (Å²) < 4.78 is 12.0. The molecule has 2 aromatic carbocycles. The van der Waals surface area contributed by atoms with Gasteiger partial charge in [-0.1, -0.05) is 31.3 Å². The van der Waals surface area contributed by atoms with Gasteiger partial charge in [-0.2, -0.15) is 0 Å². The molecule has 0 aliphatic carbocycles. The molecule has 0 radical (unpaired) electrons. The molecule has 1 heterocycles. The van der Waals surface area contributed by atoms with Crippen LogP contribution in [0.4, 0.5) is 0 Å². The number of para-hydroxylation sites is 1.